The maximum absolute atomic E-state index is 13.4. The first-order valence-corrected chi connectivity index (χ1v) is 11.0. The van der Waals surface area contributed by atoms with Gasteiger partial charge in [-0.1, -0.05) is 24.3 Å². The van der Waals surface area contributed by atoms with Crippen LogP contribution in [-0.4, -0.2) is 39.0 Å². The Morgan fingerprint density at radius 3 is 2.66 bits per heavy atom. The normalized spacial score (nSPS) is 18.8. The van der Waals surface area contributed by atoms with Crippen LogP contribution in [0.5, 0.6) is 0 Å². The fourth-order valence-corrected chi connectivity index (χ4v) is 4.59. The van der Waals surface area contributed by atoms with Crippen molar-refractivity contribution in [1.82, 2.24) is 20.1 Å². The number of amides is 3. The fourth-order valence-electron chi connectivity index (χ4n) is 4.59. The molecule has 0 radical (unpaired) electrons. The first kappa shape index (κ1) is 24.2. The first-order chi connectivity index (χ1) is 16.7. The van der Waals surface area contributed by atoms with E-state index in [2.05, 4.69) is 20.7 Å². The van der Waals surface area contributed by atoms with E-state index >= 15 is 0 Å². The van der Waals surface area contributed by atoms with E-state index in [4.69, 9.17) is 5.73 Å². The van der Waals surface area contributed by atoms with Gasteiger partial charge < -0.3 is 16.4 Å². The number of carbonyl (C=O) groups excluding carboxylic acids is 3. The van der Waals surface area contributed by atoms with Crippen molar-refractivity contribution < 1.29 is 27.6 Å². The fraction of sp³-hybridized carbons (Fsp3) is 0.348. The number of fused-ring (bicyclic) bond motifs is 1. The topological polar surface area (TPSA) is 132 Å². The summed E-state index contributed by atoms with van der Waals surface area (Å²) in [4.78, 5) is 39.7. The Balaban J connectivity index is 1.65. The van der Waals surface area contributed by atoms with Gasteiger partial charge in [0, 0.05) is 11.4 Å². The SMILES string of the molecule is NC(=O)c1nn(C[C@@H](C(=O)Nc2cccc(C(F)(F)F)n2)[C@@H]2CC[C@H](NC=O)C2)c2ccccc12. The van der Waals surface area contributed by atoms with E-state index in [1.54, 1.807) is 24.3 Å². The maximum Gasteiger partial charge on any atom is 0.433 e. The summed E-state index contributed by atoms with van der Waals surface area (Å²) in [5.74, 6) is -2.40. The van der Waals surface area contributed by atoms with Crippen molar-refractivity contribution in [1.29, 1.82) is 0 Å². The molecule has 0 spiro atoms. The van der Waals surface area contributed by atoms with E-state index in [0.29, 0.717) is 36.6 Å². The van der Waals surface area contributed by atoms with Crippen LogP contribution in [0.1, 0.15) is 35.4 Å². The molecule has 1 aliphatic rings. The van der Waals surface area contributed by atoms with Gasteiger partial charge in [-0.25, -0.2) is 4.98 Å². The second-order valence-electron chi connectivity index (χ2n) is 8.47. The molecule has 0 saturated heterocycles. The number of pyridine rings is 1. The molecule has 0 bridgehead atoms. The number of nitrogens with zero attached hydrogens (tertiary/aromatic N) is 3. The summed E-state index contributed by atoms with van der Waals surface area (Å²) < 4.78 is 40.7. The first-order valence-electron chi connectivity index (χ1n) is 11.0. The van der Waals surface area contributed by atoms with Crippen LogP contribution < -0.4 is 16.4 Å². The largest absolute Gasteiger partial charge is 0.433 e. The van der Waals surface area contributed by atoms with Crippen molar-refractivity contribution in [2.24, 2.45) is 17.6 Å². The van der Waals surface area contributed by atoms with Gasteiger partial charge in [-0.15, -0.1) is 0 Å². The van der Waals surface area contributed by atoms with Crippen molar-refractivity contribution in [3.05, 3.63) is 53.9 Å². The predicted molar refractivity (Wildman–Crippen MR) is 120 cm³/mol. The highest BCUT2D eigenvalue weighted by molar-refractivity contribution is 6.04. The minimum Gasteiger partial charge on any atom is -0.364 e. The lowest BCUT2D eigenvalue weighted by Crippen LogP contribution is -2.34. The number of nitrogens with one attached hydrogen (secondary N) is 2. The Morgan fingerprint density at radius 2 is 1.94 bits per heavy atom. The molecule has 0 unspecified atom stereocenters. The number of halogens is 3. The van der Waals surface area contributed by atoms with Crippen molar-refractivity contribution >= 4 is 34.9 Å². The van der Waals surface area contributed by atoms with E-state index in [-0.39, 0.29) is 30.0 Å². The molecule has 35 heavy (non-hydrogen) atoms. The summed E-state index contributed by atoms with van der Waals surface area (Å²) in [7, 11) is 0. The zero-order valence-corrected chi connectivity index (χ0v) is 18.5. The highest BCUT2D eigenvalue weighted by Gasteiger charge is 2.37. The number of anilines is 1. The van der Waals surface area contributed by atoms with Gasteiger partial charge in [0.25, 0.3) is 5.91 Å². The highest BCUT2D eigenvalue weighted by Crippen LogP contribution is 2.34. The Bertz CT molecular complexity index is 1260. The van der Waals surface area contributed by atoms with Crippen molar-refractivity contribution in [3.63, 3.8) is 0 Å². The number of hydrogen-bond donors (Lipinski definition) is 3. The monoisotopic (exact) mass is 488 g/mol. The average molecular weight is 488 g/mol. The Labute approximate surface area is 197 Å². The van der Waals surface area contributed by atoms with Gasteiger partial charge in [0.15, 0.2) is 5.69 Å². The molecule has 9 nitrogen and oxygen atoms in total. The number of hydrogen-bond acceptors (Lipinski definition) is 5. The molecule has 1 saturated carbocycles. The summed E-state index contributed by atoms with van der Waals surface area (Å²) in [6.07, 6.45) is -2.27. The molecule has 1 aromatic carbocycles. The number of para-hydroxylation sites is 1. The van der Waals surface area contributed by atoms with Crippen LogP contribution in [-0.2, 0) is 22.3 Å². The van der Waals surface area contributed by atoms with Gasteiger partial charge in [-0.3, -0.25) is 19.1 Å². The number of nitrogens with two attached hydrogens (primary N) is 1. The number of carbonyl (C=O) groups is 3. The van der Waals surface area contributed by atoms with Crippen LogP contribution in [0.25, 0.3) is 10.9 Å². The van der Waals surface area contributed by atoms with Crippen molar-refractivity contribution in [3.8, 4) is 0 Å². The van der Waals surface area contributed by atoms with Gasteiger partial charge in [-0.05, 0) is 43.4 Å². The van der Waals surface area contributed by atoms with Crippen molar-refractivity contribution in [2.45, 2.75) is 38.0 Å². The Hall–Kier alpha value is -3.96. The number of aromatic nitrogens is 3. The molecule has 0 aliphatic heterocycles. The van der Waals surface area contributed by atoms with Gasteiger partial charge in [0.1, 0.15) is 11.5 Å². The molecule has 1 fully saturated rings. The molecule has 3 atom stereocenters. The van der Waals surface area contributed by atoms with Crippen LogP contribution in [0.4, 0.5) is 19.0 Å². The molecule has 3 amide bonds. The molecule has 3 aromatic rings. The number of benzene rings is 1. The van der Waals surface area contributed by atoms with Crippen LogP contribution in [0.2, 0.25) is 0 Å². The van der Waals surface area contributed by atoms with E-state index < -0.39 is 29.6 Å². The summed E-state index contributed by atoms with van der Waals surface area (Å²) >= 11 is 0. The van der Waals surface area contributed by atoms with E-state index in [1.165, 1.54) is 16.8 Å². The smallest absolute Gasteiger partial charge is 0.364 e. The lowest BCUT2D eigenvalue weighted by Gasteiger charge is -2.23. The lowest BCUT2D eigenvalue weighted by molar-refractivity contribution is -0.141. The summed E-state index contributed by atoms with van der Waals surface area (Å²) in [6, 6.07) is 10.1. The van der Waals surface area contributed by atoms with Gasteiger partial charge >= 0.3 is 6.18 Å². The second kappa shape index (κ2) is 9.72. The Kier molecular flexibility index (Phi) is 6.72. The third-order valence-electron chi connectivity index (χ3n) is 6.23. The lowest BCUT2D eigenvalue weighted by atomic mass is 9.89. The molecule has 1 aliphatic carbocycles. The number of rotatable bonds is 8. The average Bonchev–Trinajstić information content (AvgIpc) is 3.42. The van der Waals surface area contributed by atoms with Crippen LogP contribution in [0.15, 0.2) is 42.5 Å². The van der Waals surface area contributed by atoms with Crippen LogP contribution in [0, 0.1) is 11.8 Å². The van der Waals surface area contributed by atoms with E-state index in [1.807, 2.05) is 0 Å². The van der Waals surface area contributed by atoms with Gasteiger partial charge in [0.2, 0.25) is 12.3 Å². The number of primary amides is 1. The quantitative estimate of drug-likeness (QED) is 0.420. The number of alkyl halides is 3. The van der Waals surface area contributed by atoms with Crippen molar-refractivity contribution in [2.75, 3.05) is 5.32 Å². The minimum atomic E-state index is -4.65. The standard InChI is InChI=1S/C23H23F3N6O3/c24-23(25,26)18-6-3-7-19(29-18)30-22(35)16(13-8-9-14(10-13)28-12-33)11-32-17-5-2-1-4-15(17)20(31-32)21(27)34/h1-7,12-14,16H,8-11H2,(H2,27,34)(H,28,33)(H,29,30,35)/t13-,14+,16-/m1/s1. The zero-order valence-electron chi connectivity index (χ0n) is 18.5. The Morgan fingerprint density at radius 1 is 1.17 bits per heavy atom. The summed E-state index contributed by atoms with van der Waals surface area (Å²) in [6.45, 7) is 0.0526. The molecule has 4 N–H and O–H groups in total. The summed E-state index contributed by atoms with van der Waals surface area (Å²) in [5.41, 5.74) is 5.01. The molecule has 2 aromatic heterocycles. The highest BCUT2D eigenvalue weighted by atomic mass is 19.4. The van der Waals surface area contributed by atoms with Crippen LogP contribution >= 0.6 is 0 Å². The maximum atomic E-state index is 13.4. The predicted octanol–water partition coefficient (Wildman–Crippen LogP) is 2.72. The van der Waals surface area contributed by atoms with Crippen LogP contribution in [0.3, 0.4) is 0 Å². The molecule has 12 heteroatoms. The molecule has 2 heterocycles. The zero-order chi connectivity index (χ0) is 25.2. The molecule has 184 valence electrons. The molecule has 4 rings (SSSR count). The second-order valence-corrected chi connectivity index (χ2v) is 8.47. The molecular formula is C23H23F3N6O3. The third-order valence-corrected chi connectivity index (χ3v) is 6.23. The van der Waals surface area contributed by atoms with Gasteiger partial charge in [-0.2, -0.15) is 18.3 Å². The van der Waals surface area contributed by atoms with E-state index in [0.717, 1.165) is 6.07 Å². The minimum absolute atomic E-state index is 0.0526. The van der Waals surface area contributed by atoms with Gasteiger partial charge in [0.05, 0.1) is 18.0 Å². The van der Waals surface area contributed by atoms with E-state index in [9.17, 15) is 27.6 Å². The summed E-state index contributed by atoms with van der Waals surface area (Å²) in [5, 5.41) is 10.1. The third kappa shape index (κ3) is 5.26. The molecular weight excluding hydrogens is 465 g/mol.